The van der Waals surface area contributed by atoms with E-state index in [2.05, 4.69) is 14.8 Å². The molecule has 1 amide bonds. The van der Waals surface area contributed by atoms with E-state index >= 15 is 0 Å². The van der Waals surface area contributed by atoms with Gasteiger partial charge in [-0.15, -0.1) is 0 Å². The van der Waals surface area contributed by atoms with Crippen LogP contribution in [0.15, 0.2) is 65.6 Å². The van der Waals surface area contributed by atoms with Crippen LogP contribution in [0, 0.1) is 0 Å². The van der Waals surface area contributed by atoms with Crippen molar-refractivity contribution in [3.8, 4) is 23.0 Å². The standard InChI is InChI=1S/C22H20F2N2O7S/c1-31-18-6-4-3-5-15(18)26-34(29,30)14-8-9-17(27)16(12-14)25-21(28)13-7-10-19(32-2)20(11-13)33-22(23)24/h3-12,22,26-27H,1-2H3,(H,25,28). The van der Waals surface area contributed by atoms with Gasteiger partial charge in [0, 0.05) is 5.56 Å². The average molecular weight is 494 g/mol. The number of carbonyl (C=O) groups is 1. The highest BCUT2D eigenvalue weighted by atomic mass is 32.2. The SMILES string of the molecule is COc1ccccc1NS(=O)(=O)c1ccc(O)c(NC(=O)c2ccc(OC)c(OC(F)F)c2)c1. The molecule has 0 fully saturated rings. The maximum absolute atomic E-state index is 12.8. The minimum atomic E-state index is -4.13. The number of anilines is 2. The highest BCUT2D eigenvalue weighted by molar-refractivity contribution is 7.92. The molecule has 0 radical (unpaired) electrons. The number of amides is 1. The molecule has 0 bridgehead atoms. The first-order chi connectivity index (χ1) is 16.1. The summed E-state index contributed by atoms with van der Waals surface area (Å²) in [7, 11) is -1.49. The van der Waals surface area contributed by atoms with Crippen molar-refractivity contribution in [3.63, 3.8) is 0 Å². The molecule has 0 aliphatic heterocycles. The Morgan fingerprint density at radius 3 is 2.29 bits per heavy atom. The van der Waals surface area contributed by atoms with Crippen LogP contribution in [0.3, 0.4) is 0 Å². The number of hydrogen-bond acceptors (Lipinski definition) is 7. The zero-order chi connectivity index (χ0) is 24.9. The van der Waals surface area contributed by atoms with Crippen LogP contribution >= 0.6 is 0 Å². The van der Waals surface area contributed by atoms with Gasteiger partial charge in [-0.05, 0) is 48.5 Å². The highest BCUT2D eigenvalue weighted by Gasteiger charge is 2.20. The fourth-order valence-corrected chi connectivity index (χ4v) is 4.01. The van der Waals surface area contributed by atoms with Crippen LogP contribution in [0.2, 0.25) is 0 Å². The van der Waals surface area contributed by atoms with Gasteiger partial charge in [0.15, 0.2) is 11.5 Å². The van der Waals surface area contributed by atoms with Crippen molar-refractivity contribution in [2.75, 3.05) is 24.3 Å². The summed E-state index contributed by atoms with van der Waals surface area (Å²) in [6, 6.07) is 13.2. The van der Waals surface area contributed by atoms with E-state index in [1.807, 2.05) is 0 Å². The molecule has 3 aromatic rings. The van der Waals surface area contributed by atoms with Gasteiger partial charge < -0.3 is 24.6 Å². The number of para-hydroxylation sites is 2. The van der Waals surface area contributed by atoms with Gasteiger partial charge in [0.05, 0.1) is 30.5 Å². The van der Waals surface area contributed by atoms with E-state index in [-0.39, 0.29) is 33.3 Å². The van der Waals surface area contributed by atoms with Gasteiger partial charge in [-0.3, -0.25) is 9.52 Å². The maximum Gasteiger partial charge on any atom is 0.387 e. The Balaban J connectivity index is 1.87. The summed E-state index contributed by atoms with van der Waals surface area (Å²) in [5.41, 5.74) is -0.134. The molecule has 0 aliphatic carbocycles. The Labute approximate surface area is 193 Å². The summed E-state index contributed by atoms with van der Waals surface area (Å²) in [6.07, 6.45) is 0. The molecule has 180 valence electrons. The largest absolute Gasteiger partial charge is 0.506 e. The predicted octanol–water partition coefficient (Wildman–Crippen LogP) is 4.06. The molecule has 3 rings (SSSR count). The van der Waals surface area contributed by atoms with E-state index in [0.29, 0.717) is 5.75 Å². The molecule has 12 heteroatoms. The van der Waals surface area contributed by atoms with E-state index in [4.69, 9.17) is 9.47 Å². The topological polar surface area (TPSA) is 123 Å². The second-order valence-corrected chi connectivity index (χ2v) is 8.37. The maximum atomic E-state index is 12.8. The van der Waals surface area contributed by atoms with Crippen molar-refractivity contribution in [1.29, 1.82) is 0 Å². The molecule has 9 nitrogen and oxygen atoms in total. The first kappa shape index (κ1) is 24.6. The van der Waals surface area contributed by atoms with Gasteiger partial charge in [0.2, 0.25) is 0 Å². The number of halogens is 2. The van der Waals surface area contributed by atoms with E-state index in [0.717, 1.165) is 24.3 Å². The minimum absolute atomic E-state index is 0.0183. The number of hydrogen-bond donors (Lipinski definition) is 3. The van der Waals surface area contributed by atoms with Crippen molar-refractivity contribution < 1.29 is 41.3 Å². The van der Waals surface area contributed by atoms with Crippen LogP contribution in [-0.2, 0) is 10.0 Å². The quantitative estimate of drug-likeness (QED) is 0.383. The number of nitrogens with one attached hydrogen (secondary N) is 2. The second-order valence-electron chi connectivity index (χ2n) is 6.68. The van der Waals surface area contributed by atoms with Gasteiger partial charge in [0.1, 0.15) is 11.5 Å². The average Bonchev–Trinajstić information content (AvgIpc) is 2.80. The normalized spacial score (nSPS) is 11.1. The van der Waals surface area contributed by atoms with Crippen molar-refractivity contribution in [2.24, 2.45) is 0 Å². The second kappa shape index (κ2) is 10.3. The number of phenolic OH excluding ortho intramolecular Hbond substituents is 1. The number of rotatable bonds is 9. The van der Waals surface area contributed by atoms with Crippen LogP contribution in [0.1, 0.15) is 10.4 Å². The number of sulfonamides is 1. The zero-order valence-electron chi connectivity index (χ0n) is 17.9. The fraction of sp³-hybridized carbons (Fsp3) is 0.136. The Kier molecular flexibility index (Phi) is 7.41. The number of alkyl halides is 2. The molecular formula is C22H20F2N2O7S. The Morgan fingerprint density at radius 1 is 0.912 bits per heavy atom. The summed E-state index contributed by atoms with van der Waals surface area (Å²) in [6.45, 7) is -3.14. The first-order valence-electron chi connectivity index (χ1n) is 9.57. The molecule has 0 aliphatic rings. The molecule has 3 N–H and O–H groups in total. The summed E-state index contributed by atoms with van der Waals surface area (Å²) >= 11 is 0. The van der Waals surface area contributed by atoms with Gasteiger partial charge in [0.25, 0.3) is 15.9 Å². The Bertz CT molecular complexity index is 1300. The number of carbonyl (C=O) groups excluding carboxylic acids is 1. The molecule has 0 saturated carbocycles. The summed E-state index contributed by atoms with van der Waals surface area (Å²) in [4.78, 5) is 12.4. The Hall–Kier alpha value is -4.06. The summed E-state index contributed by atoms with van der Waals surface area (Å²) in [5, 5.41) is 12.5. The summed E-state index contributed by atoms with van der Waals surface area (Å²) in [5.74, 6) is -1.33. The van der Waals surface area contributed by atoms with Crippen molar-refractivity contribution in [2.45, 2.75) is 11.5 Å². The Morgan fingerprint density at radius 2 is 1.62 bits per heavy atom. The lowest BCUT2D eigenvalue weighted by Gasteiger charge is -2.14. The van der Waals surface area contributed by atoms with E-state index < -0.39 is 28.3 Å². The van der Waals surface area contributed by atoms with Crippen molar-refractivity contribution in [1.82, 2.24) is 0 Å². The van der Waals surface area contributed by atoms with Crippen LogP contribution in [0.5, 0.6) is 23.0 Å². The molecular weight excluding hydrogens is 474 g/mol. The van der Waals surface area contributed by atoms with Gasteiger partial charge in [-0.2, -0.15) is 8.78 Å². The lowest BCUT2D eigenvalue weighted by atomic mass is 10.1. The molecule has 0 heterocycles. The fourth-order valence-electron chi connectivity index (χ4n) is 2.92. The minimum Gasteiger partial charge on any atom is -0.506 e. The van der Waals surface area contributed by atoms with Gasteiger partial charge in [-0.25, -0.2) is 8.42 Å². The van der Waals surface area contributed by atoms with Crippen LogP contribution in [-0.4, -0.2) is 40.3 Å². The smallest absolute Gasteiger partial charge is 0.387 e. The highest BCUT2D eigenvalue weighted by Crippen LogP contribution is 2.32. The predicted molar refractivity (Wildman–Crippen MR) is 119 cm³/mol. The number of methoxy groups -OCH3 is 2. The molecule has 0 saturated heterocycles. The third kappa shape index (κ3) is 5.64. The molecule has 0 unspecified atom stereocenters. The van der Waals surface area contributed by atoms with E-state index in [1.165, 1.54) is 32.4 Å². The van der Waals surface area contributed by atoms with Crippen molar-refractivity contribution in [3.05, 3.63) is 66.2 Å². The van der Waals surface area contributed by atoms with Crippen LogP contribution in [0.4, 0.5) is 20.2 Å². The number of phenols is 1. The van der Waals surface area contributed by atoms with E-state index in [9.17, 15) is 27.1 Å². The molecule has 0 atom stereocenters. The molecule has 3 aromatic carbocycles. The molecule has 0 aromatic heterocycles. The zero-order valence-corrected chi connectivity index (χ0v) is 18.7. The van der Waals surface area contributed by atoms with Gasteiger partial charge >= 0.3 is 6.61 Å². The number of aromatic hydroxyl groups is 1. The third-order valence-electron chi connectivity index (χ3n) is 4.52. The molecule has 34 heavy (non-hydrogen) atoms. The summed E-state index contributed by atoms with van der Waals surface area (Å²) < 4.78 is 67.8. The third-order valence-corrected chi connectivity index (χ3v) is 5.88. The lowest BCUT2D eigenvalue weighted by Crippen LogP contribution is -2.16. The monoisotopic (exact) mass is 494 g/mol. The van der Waals surface area contributed by atoms with E-state index in [1.54, 1.807) is 18.2 Å². The van der Waals surface area contributed by atoms with Crippen LogP contribution in [0.25, 0.3) is 0 Å². The number of benzene rings is 3. The lowest BCUT2D eigenvalue weighted by molar-refractivity contribution is -0.0512. The van der Waals surface area contributed by atoms with Crippen molar-refractivity contribution >= 4 is 27.3 Å². The van der Waals surface area contributed by atoms with Gasteiger partial charge in [-0.1, -0.05) is 12.1 Å². The first-order valence-corrected chi connectivity index (χ1v) is 11.1. The van der Waals surface area contributed by atoms with Crippen LogP contribution < -0.4 is 24.2 Å². The number of ether oxygens (including phenoxy) is 3. The molecule has 0 spiro atoms.